The third kappa shape index (κ3) is 4.11. The summed E-state index contributed by atoms with van der Waals surface area (Å²) in [5.74, 6) is 0.899. The van der Waals surface area contributed by atoms with Crippen LogP contribution in [0.15, 0.2) is 18.2 Å². The minimum Gasteiger partial charge on any atom is -0.496 e. The van der Waals surface area contributed by atoms with Crippen LogP contribution >= 0.6 is 0 Å². The smallest absolute Gasteiger partial charge is 0.122 e. The van der Waals surface area contributed by atoms with Gasteiger partial charge in [-0.3, -0.25) is 0 Å². The van der Waals surface area contributed by atoms with E-state index in [0.29, 0.717) is 6.54 Å². The molecular weight excluding hydrogens is 240 g/mol. The molecule has 0 saturated carbocycles. The number of aliphatic hydroxyl groups is 1. The van der Waals surface area contributed by atoms with Crippen molar-refractivity contribution in [3.05, 3.63) is 23.8 Å². The third-order valence-electron chi connectivity index (χ3n) is 3.17. The molecule has 1 aromatic rings. The van der Waals surface area contributed by atoms with Crippen LogP contribution in [0, 0.1) is 0 Å². The number of likely N-dealkylation sites (N-methyl/N-ethyl adjacent to an activating group) is 1. The minimum atomic E-state index is -0.231. The zero-order chi connectivity index (χ0) is 14.6. The van der Waals surface area contributed by atoms with Gasteiger partial charge in [-0.2, -0.15) is 0 Å². The van der Waals surface area contributed by atoms with Crippen LogP contribution in [-0.4, -0.2) is 38.5 Å². The number of ether oxygens (including phenoxy) is 1. The Kier molecular flexibility index (Phi) is 5.20. The number of benzene rings is 1. The van der Waals surface area contributed by atoms with Crippen LogP contribution in [0.3, 0.4) is 0 Å². The summed E-state index contributed by atoms with van der Waals surface area (Å²) in [6.07, 6.45) is 0. The topological polar surface area (TPSA) is 58.7 Å². The second-order valence-electron chi connectivity index (χ2n) is 5.96. The van der Waals surface area contributed by atoms with Gasteiger partial charge in [0, 0.05) is 30.9 Å². The molecule has 0 saturated heterocycles. The summed E-state index contributed by atoms with van der Waals surface area (Å²) in [5.41, 5.74) is 8.03. The number of anilines is 1. The van der Waals surface area contributed by atoms with Gasteiger partial charge in [-0.25, -0.2) is 0 Å². The molecule has 0 amide bonds. The van der Waals surface area contributed by atoms with Crippen LogP contribution in [0.25, 0.3) is 0 Å². The molecule has 1 aromatic carbocycles. The Morgan fingerprint density at radius 1 is 1.37 bits per heavy atom. The van der Waals surface area contributed by atoms with E-state index in [2.05, 4.69) is 31.7 Å². The molecule has 0 heterocycles. The number of nitrogens with two attached hydrogens (primary N) is 1. The second-order valence-corrected chi connectivity index (χ2v) is 5.96. The fourth-order valence-corrected chi connectivity index (χ4v) is 2.03. The van der Waals surface area contributed by atoms with Gasteiger partial charge in [-0.05, 0) is 23.6 Å². The van der Waals surface area contributed by atoms with E-state index in [4.69, 9.17) is 15.6 Å². The summed E-state index contributed by atoms with van der Waals surface area (Å²) in [6.45, 7) is 7.09. The van der Waals surface area contributed by atoms with Gasteiger partial charge in [0.1, 0.15) is 5.75 Å². The average Bonchev–Trinajstić information content (AvgIpc) is 2.36. The molecule has 0 bridgehead atoms. The van der Waals surface area contributed by atoms with E-state index in [1.165, 1.54) is 0 Å². The Morgan fingerprint density at radius 3 is 2.47 bits per heavy atom. The number of rotatable bonds is 5. The van der Waals surface area contributed by atoms with E-state index in [1.54, 1.807) is 7.11 Å². The van der Waals surface area contributed by atoms with Crippen LogP contribution in [0.1, 0.15) is 26.3 Å². The molecule has 108 valence electrons. The summed E-state index contributed by atoms with van der Waals surface area (Å²) in [5, 5.41) is 9.02. The largest absolute Gasteiger partial charge is 0.496 e. The molecule has 0 aliphatic heterocycles. The lowest BCUT2D eigenvalue weighted by molar-refractivity contribution is 0.267. The Balaban J connectivity index is 3.04. The van der Waals surface area contributed by atoms with Gasteiger partial charge in [-0.1, -0.05) is 20.8 Å². The number of aliphatic hydroxyl groups excluding tert-OH is 1. The Bertz CT molecular complexity index is 413. The summed E-state index contributed by atoms with van der Waals surface area (Å²) >= 11 is 0. The highest BCUT2D eigenvalue weighted by atomic mass is 16.5. The molecule has 4 heteroatoms. The first-order valence-corrected chi connectivity index (χ1v) is 6.55. The molecule has 0 spiro atoms. The van der Waals surface area contributed by atoms with E-state index < -0.39 is 0 Å². The normalized spacial score (nSPS) is 13.2. The molecule has 0 fully saturated rings. The van der Waals surface area contributed by atoms with Gasteiger partial charge >= 0.3 is 0 Å². The molecule has 4 nitrogen and oxygen atoms in total. The maximum Gasteiger partial charge on any atom is 0.122 e. The SMILES string of the molecule is COc1ccc(N(C)CC(N)CO)cc1C(C)(C)C. The lowest BCUT2D eigenvalue weighted by Gasteiger charge is -2.27. The molecule has 0 aromatic heterocycles. The second kappa shape index (κ2) is 6.26. The molecule has 1 rings (SSSR count). The first-order valence-electron chi connectivity index (χ1n) is 6.55. The third-order valence-corrected chi connectivity index (χ3v) is 3.17. The van der Waals surface area contributed by atoms with Crippen molar-refractivity contribution in [2.75, 3.05) is 32.2 Å². The number of hydrogen-bond acceptors (Lipinski definition) is 4. The lowest BCUT2D eigenvalue weighted by Crippen LogP contribution is -2.38. The van der Waals surface area contributed by atoms with Crippen LogP contribution in [-0.2, 0) is 5.41 Å². The Hall–Kier alpha value is -1.26. The summed E-state index contributed by atoms with van der Waals surface area (Å²) in [4.78, 5) is 2.05. The van der Waals surface area contributed by atoms with Crippen molar-refractivity contribution in [1.29, 1.82) is 0 Å². The predicted octanol–water partition coefficient (Wildman–Crippen LogP) is 1.75. The van der Waals surface area contributed by atoms with E-state index >= 15 is 0 Å². The molecule has 0 radical (unpaired) electrons. The minimum absolute atomic E-state index is 0.00732. The van der Waals surface area contributed by atoms with Crippen molar-refractivity contribution < 1.29 is 9.84 Å². The highest BCUT2D eigenvalue weighted by Gasteiger charge is 2.20. The molecule has 1 atom stereocenters. The molecular formula is C15H26N2O2. The van der Waals surface area contributed by atoms with E-state index in [1.807, 2.05) is 19.2 Å². The van der Waals surface area contributed by atoms with Crippen molar-refractivity contribution in [2.45, 2.75) is 32.2 Å². The van der Waals surface area contributed by atoms with Gasteiger partial charge in [0.25, 0.3) is 0 Å². The summed E-state index contributed by atoms with van der Waals surface area (Å²) in [6, 6.07) is 5.89. The molecule has 19 heavy (non-hydrogen) atoms. The standard InChI is InChI=1S/C15H26N2O2/c1-15(2,3)13-8-12(6-7-14(13)19-5)17(4)9-11(16)10-18/h6-8,11,18H,9-10,16H2,1-5H3. The molecule has 1 unspecified atom stereocenters. The quantitative estimate of drug-likeness (QED) is 0.852. The van der Waals surface area contributed by atoms with Crippen molar-refractivity contribution in [3.63, 3.8) is 0 Å². The first-order chi connectivity index (χ1) is 8.79. The van der Waals surface area contributed by atoms with Crippen molar-refractivity contribution >= 4 is 5.69 Å². The highest BCUT2D eigenvalue weighted by molar-refractivity contribution is 5.54. The van der Waals surface area contributed by atoms with Crippen LogP contribution in [0.2, 0.25) is 0 Å². The summed E-state index contributed by atoms with van der Waals surface area (Å²) < 4.78 is 5.43. The van der Waals surface area contributed by atoms with Crippen molar-refractivity contribution in [3.8, 4) is 5.75 Å². The fourth-order valence-electron chi connectivity index (χ4n) is 2.03. The van der Waals surface area contributed by atoms with E-state index in [-0.39, 0.29) is 18.1 Å². The van der Waals surface area contributed by atoms with Crippen LogP contribution in [0.5, 0.6) is 5.75 Å². The maximum atomic E-state index is 9.02. The zero-order valence-corrected chi connectivity index (χ0v) is 12.6. The average molecular weight is 266 g/mol. The molecule has 0 aliphatic carbocycles. The van der Waals surface area contributed by atoms with Gasteiger partial charge in [-0.15, -0.1) is 0 Å². The van der Waals surface area contributed by atoms with E-state index in [9.17, 15) is 0 Å². The summed E-state index contributed by atoms with van der Waals surface area (Å²) in [7, 11) is 3.67. The number of hydrogen-bond donors (Lipinski definition) is 2. The first kappa shape index (κ1) is 15.8. The maximum absolute atomic E-state index is 9.02. The van der Waals surface area contributed by atoms with Crippen molar-refractivity contribution in [1.82, 2.24) is 0 Å². The van der Waals surface area contributed by atoms with Crippen molar-refractivity contribution in [2.24, 2.45) is 5.73 Å². The molecule has 3 N–H and O–H groups in total. The lowest BCUT2D eigenvalue weighted by atomic mass is 9.86. The van der Waals surface area contributed by atoms with E-state index in [0.717, 1.165) is 17.0 Å². The number of nitrogens with zero attached hydrogens (tertiary/aromatic N) is 1. The van der Waals surface area contributed by atoms with Gasteiger partial charge in [0.2, 0.25) is 0 Å². The van der Waals surface area contributed by atoms with Crippen LogP contribution in [0.4, 0.5) is 5.69 Å². The Morgan fingerprint density at radius 2 is 2.00 bits per heavy atom. The van der Waals surface area contributed by atoms with Gasteiger partial charge in [0.05, 0.1) is 13.7 Å². The zero-order valence-electron chi connectivity index (χ0n) is 12.6. The predicted molar refractivity (Wildman–Crippen MR) is 80.0 cm³/mol. The monoisotopic (exact) mass is 266 g/mol. The Labute approximate surface area is 116 Å². The highest BCUT2D eigenvalue weighted by Crippen LogP contribution is 2.34. The number of methoxy groups -OCH3 is 1. The van der Waals surface area contributed by atoms with Crippen LogP contribution < -0.4 is 15.4 Å². The van der Waals surface area contributed by atoms with Gasteiger partial charge < -0.3 is 20.5 Å². The fraction of sp³-hybridized carbons (Fsp3) is 0.600. The molecule has 0 aliphatic rings. The van der Waals surface area contributed by atoms with Gasteiger partial charge in [0.15, 0.2) is 0 Å².